The van der Waals surface area contributed by atoms with Crippen molar-refractivity contribution in [2.75, 3.05) is 0 Å². The van der Waals surface area contributed by atoms with Crippen LogP contribution in [0.3, 0.4) is 0 Å². The molecular weight excluding hydrogens is 713 g/mol. The van der Waals surface area contributed by atoms with Crippen LogP contribution in [0.2, 0.25) is 0 Å². The summed E-state index contributed by atoms with van der Waals surface area (Å²) in [5.74, 6) is 1.63. The molecule has 0 aliphatic carbocycles. The second-order valence-corrected chi connectivity index (χ2v) is 15.8. The number of rotatable bonds is 4. The van der Waals surface area contributed by atoms with E-state index in [0.29, 0.717) is 13.2 Å². The molecule has 0 radical (unpaired) electrons. The van der Waals surface area contributed by atoms with E-state index in [0.717, 1.165) is 115 Å². The normalized spacial score (nSPS) is 13.8. The van der Waals surface area contributed by atoms with Crippen LogP contribution >= 0.6 is 0 Å². The van der Waals surface area contributed by atoms with Crippen molar-refractivity contribution in [3.63, 3.8) is 0 Å². The summed E-state index contributed by atoms with van der Waals surface area (Å²) in [6.45, 7) is 18.8. The third kappa shape index (κ3) is 6.09. The Hall–Kier alpha value is -6.14. The van der Waals surface area contributed by atoms with Crippen LogP contribution in [0.5, 0.6) is 11.5 Å². The average Bonchev–Trinajstić information content (AvgIpc) is 3.93. The fourth-order valence-corrected chi connectivity index (χ4v) is 9.49. The molecule has 9 heterocycles. The predicted octanol–water partition coefficient (Wildman–Crippen LogP) is 13.5. The molecule has 3 aromatic heterocycles. The van der Waals surface area contributed by atoms with Crippen molar-refractivity contribution in [2.45, 2.75) is 94.3 Å². The van der Waals surface area contributed by atoms with Gasteiger partial charge in [0.2, 0.25) is 0 Å². The Morgan fingerprint density at radius 3 is 1.29 bits per heavy atom. The van der Waals surface area contributed by atoms with E-state index in [1.165, 1.54) is 44.5 Å². The summed E-state index contributed by atoms with van der Waals surface area (Å²) < 4.78 is 13.6. The highest BCUT2D eigenvalue weighted by molar-refractivity contribution is 6.04. The van der Waals surface area contributed by atoms with E-state index >= 15 is 0 Å². The van der Waals surface area contributed by atoms with E-state index in [1.54, 1.807) is 0 Å². The summed E-state index contributed by atoms with van der Waals surface area (Å²) in [5.41, 5.74) is 24.3. The van der Waals surface area contributed by atoms with Crippen LogP contribution in [0.15, 0.2) is 84.9 Å². The van der Waals surface area contributed by atoms with E-state index in [-0.39, 0.29) is 0 Å². The Morgan fingerprint density at radius 2 is 0.914 bits per heavy atom. The number of benzene rings is 3. The quantitative estimate of drug-likeness (QED) is 0.187. The first kappa shape index (κ1) is 37.4. The second kappa shape index (κ2) is 15.0. The Kier molecular flexibility index (Phi) is 9.67. The predicted molar refractivity (Wildman–Crippen MR) is 241 cm³/mol. The number of ether oxygens (including phenoxy) is 2. The van der Waals surface area contributed by atoms with Gasteiger partial charge < -0.3 is 19.4 Å². The maximum absolute atomic E-state index is 6.78. The number of nitrogens with one attached hydrogen (secondary N) is 2. The van der Waals surface area contributed by atoms with Crippen molar-refractivity contribution in [1.82, 2.24) is 19.9 Å². The topological polar surface area (TPSA) is 75.8 Å². The molecule has 0 spiro atoms. The molecule has 292 valence electrons. The maximum atomic E-state index is 6.78. The Labute approximate surface area is 341 Å². The average molecular weight is 765 g/mol. The number of aromatic amines is 2. The summed E-state index contributed by atoms with van der Waals surface area (Å²) in [6.07, 6.45) is 3.43. The molecule has 0 unspecified atom stereocenters. The molecule has 6 aliphatic heterocycles. The minimum absolute atomic E-state index is 0.431. The molecule has 6 aliphatic rings. The summed E-state index contributed by atoms with van der Waals surface area (Å²) >= 11 is 0. The number of H-pyrrole nitrogens is 2. The smallest absolute Gasteiger partial charge is 0.127 e. The number of hydrogen-bond donors (Lipinski definition) is 2. The van der Waals surface area contributed by atoms with Gasteiger partial charge in [0.25, 0.3) is 0 Å². The lowest BCUT2D eigenvalue weighted by Crippen LogP contribution is -2.01. The molecule has 12 bridgehead atoms. The number of hydrogen-bond acceptors (Lipinski definition) is 4. The first-order valence-electron chi connectivity index (χ1n) is 21.0. The third-order valence-corrected chi connectivity index (χ3v) is 12.6. The van der Waals surface area contributed by atoms with Gasteiger partial charge >= 0.3 is 0 Å². The van der Waals surface area contributed by atoms with Crippen LogP contribution in [-0.2, 0) is 26.1 Å². The van der Waals surface area contributed by atoms with Crippen LogP contribution < -0.4 is 9.47 Å². The fraction of sp³-hybridized carbons (Fsp3) is 0.269. The zero-order valence-corrected chi connectivity index (χ0v) is 35.0. The van der Waals surface area contributed by atoms with E-state index in [4.69, 9.17) is 19.4 Å². The van der Waals surface area contributed by atoms with E-state index < -0.39 is 0 Å². The highest BCUT2D eigenvalue weighted by Gasteiger charge is 2.27. The minimum atomic E-state index is 0.431. The molecule has 6 aromatic rings. The van der Waals surface area contributed by atoms with Crippen molar-refractivity contribution in [3.05, 3.63) is 141 Å². The molecule has 58 heavy (non-hydrogen) atoms. The molecule has 12 rings (SSSR count). The lowest BCUT2D eigenvalue weighted by Gasteiger charge is -2.15. The van der Waals surface area contributed by atoms with Gasteiger partial charge in [-0.1, -0.05) is 88.4 Å². The SMILES string of the molecule is CCC1=C(C)c2nc1cc1[nH]c(c(C)c1CC)c1c3nc(cc4[nH]c(c(C)c4CC)c2-c2ccccc2OCc2ccc(cc2)COc2ccccc2-1)C(CC)=C3C. The van der Waals surface area contributed by atoms with Gasteiger partial charge in [0.05, 0.1) is 33.8 Å². The highest BCUT2D eigenvalue weighted by atomic mass is 16.5. The summed E-state index contributed by atoms with van der Waals surface area (Å²) in [6, 6.07) is 30.0. The number of nitrogens with zero attached hydrogens (tertiary/aromatic N) is 2. The zero-order chi connectivity index (χ0) is 40.2. The van der Waals surface area contributed by atoms with Gasteiger partial charge in [-0.15, -0.1) is 0 Å². The van der Waals surface area contributed by atoms with Crippen LogP contribution in [0.25, 0.3) is 66.6 Å². The molecular formula is C52H52N4O2. The molecule has 0 saturated heterocycles. The van der Waals surface area contributed by atoms with Crippen LogP contribution in [0.1, 0.15) is 111 Å². The van der Waals surface area contributed by atoms with Gasteiger partial charge in [0.1, 0.15) is 24.7 Å². The Balaban J connectivity index is 1.55. The summed E-state index contributed by atoms with van der Waals surface area (Å²) in [5, 5.41) is 0. The van der Waals surface area contributed by atoms with Gasteiger partial charge in [-0.25, -0.2) is 9.97 Å². The molecule has 0 saturated carbocycles. The van der Waals surface area contributed by atoms with Crippen molar-refractivity contribution in [2.24, 2.45) is 0 Å². The highest BCUT2D eigenvalue weighted by Crippen LogP contribution is 2.46. The third-order valence-electron chi connectivity index (χ3n) is 12.6. The lowest BCUT2D eigenvalue weighted by molar-refractivity contribution is 0.304. The number of para-hydroxylation sites is 2. The van der Waals surface area contributed by atoms with Gasteiger partial charge in [0, 0.05) is 33.3 Å². The molecule has 2 N–H and O–H groups in total. The van der Waals surface area contributed by atoms with E-state index in [2.05, 4.69) is 150 Å². The molecule has 0 amide bonds. The summed E-state index contributed by atoms with van der Waals surface area (Å²) in [4.78, 5) is 19.2. The van der Waals surface area contributed by atoms with Crippen LogP contribution in [0, 0.1) is 13.8 Å². The van der Waals surface area contributed by atoms with Crippen molar-refractivity contribution < 1.29 is 9.47 Å². The van der Waals surface area contributed by atoms with Gasteiger partial charge in [-0.05, 0) is 133 Å². The first-order valence-corrected chi connectivity index (χ1v) is 21.0. The Bertz CT molecular complexity index is 2670. The van der Waals surface area contributed by atoms with Crippen molar-refractivity contribution >= 4 is 44.4 Å². The molecule has 3 aromatic carbocycles. The van der Waals surface area contributed by atoms with Crippen LogP contribution in [-0.4, -0.2) is 19.9 Å². The number of allylic oxidation sites excluding steroid dienone is 4. The van der Waals surface area contributed by atoms with E-state index in [9.17, 15) is 0 Å². The minimum Gasteiger partial charge on any atom is -0.488 e. The van der Waals surface area contributed by atoms with Crippen molar-refractivity contribution in [1.29, 1.82) is 0 Å². The molecule has 6 heteroatoms. The fourth-order valence-electron chi connectivity index (χ4n) is 9.49. The second-order valence-electron chi connectivity index (χ2n) is 15.8. The molecule has 0 fully saturated rings. The van der Waals surface area contributed by atoms with Gasteiger partial charge in [-0.2, -0.15) is 0 Å². The number of aryl methyl sites for hydroxylation is 4. The monoisotopic (exact) mass is 764 g/mol. The Morgan fingerprint density at radius 1 is 0.517 bits per heavy atom. The lowest BCUT2D eigenvalue weighted by atomic mass is 9.94. The standard InChI is InChI=1S/C52H52N4O2/c1-9-35-29(5)49-47-39-17-13-15-19-45(39)57-27-33-21-23-34(24-22-33)28-58-46-20-16-14-18-40(46)48(51-30(6)36(10-2)42(54-51)25-41(35)53-49)52-32(8)38(12-4)44(56-52)26-43-37(11-3)31(7)50(47)55-43/h13-26,53,56H,9-12,27-28H2,1-8H3. The first-order chi connectivity index (χ1) is 28.2. The maximum Gasteiger partial charge on any atom is 0.127 e. The van der Waals surface area contributed by atoms with Crippen molar-refractivity contribution in [3.8, 4) is 33.8 Å². The summed E-state index contributed by atoms with van der Waals surface area (Å²) in [7, 11) is 0. The largest absolute Gasteiger partial charge is 0.488 e. The number of aromatic nitrogens is 4. The van der Waals surface area contributed by atoms with Crippen LogP contribution in [0.4, 0.5) is 0 Å². The van der Waals surface area contributed by atoms with E-state index in [1.807, 2.05) is 0 Å². The zero-order valence-electron chi connectivity index (χ0n) is 35.0. The molecule has 0 atom stereocenters. The molecule has 6 nitrogen and oxygen atoms in total. The van der Waals surface area contributed by atoms with Gasteiger partial charge in [-0.3, -0.25) is 0 Å². The van der Waals surface area contributed by atoms with Gasteiger partial charge in [0.15, 0.2) is 0 Å².